The lowest BCUT2D eigenvalue weighted by molar-refractivity contribution is 1.26. The molecule has 3 nitrogen and oxygen atoms in total. The van der Waals surface area contributed by atoms with E-state index < -0.39 is 0 Å². The summed E-state index contributed by atoms with van der Waals surface area (Å²) >= 11 is 0. The molecular formula is C14H13N3. The Labute approximate surface area is 100 Å². The minimum absolute atomic E-state index is 0.435. The number of nitrogen functional groups attached to an aromatic ring is 2. The van der Waals surface area contributed by atoms with E-state index in [0.717, 1.165) is 16.7 Å². The Morgan fingerprint density at radius 2 is 1.53 bits per heavy atom. The third kappa shape index (κ3) is 2.37. The molecule has 17 heavy (non-hydrogen) atoms. The normalized spacial score (nSPS) is 9.82. The number of hydrogen-bond acceptors (Lipinski definition) is 3. The van der Waals surface area contributed by atoms with Gasteiger partial charge in [-0.3, -0.25) is 0 Å². The van der Waals surface area contributed by atoms with Crippen molar-refractivity contribution in [2.75, 3.05) is 11.5 Å². The van der Waals surface area contributed by atoms with E-state index in [9.17, 15) is 0 Å². The maximum atomic E-state index is 8.59. The number of anilines is 2. The van der Waals surface area contributed by atoms with E-state index in [2.05, 4.69) is 6.07 Å². The van der Waals surface area contributed by atoms with Gasteiger partial charge in [-0.2, -0.15) is 5.26 Å². The zero-order valence-electron chi connectivity index (χ0n) is 9.35. The molecule has 0 aliphatic rings. The van der Waals surface area contributed by atoms with Gasteiger partial charge in [-0.05, 0) is 28.8 Å². The highest BCUT2D eigenvalue weighted by atomic mass is 14.7. The molecule has 0 saturated heterocycles. The van der Waals surface area contributed by atoms with Crippen molar-refractivity contribution in [3.05, 3.63) is 48.0 Å². The van der Waals surface area contributed by atoms with Gasteiger partial charge in [-0.25, -0.2) is 0 Å². The number of hydrogen-bond donors (Lipinski definition) is 2. The average Bonchev–Trinajstić information content (AvgIpc) is 2.34. The van der Waals surface area contributed by atoms with Crippen molar-refractivity contribution in [2.45, 2.75) is 6.42 Å². The lowest BCUT2D eigenvalue weighted by atomic mass is 10.0. The first-order valence-electron chi connectivity index (χ1n) is 5.32. The van der Waals surface area contributed by atoms with Crippen LogP contribution in [0.25, 0.3) is 11.1 Å². The van der Waals surface area contributed by atoms with Gasteiger partial charge in [0.05, 0.1) is 23.9 Å². The van der Waals surface area contributed by atoms with Crippen LogP contribution in [0.5, 0.6) is 0 Å². The van der Waals surface area contributed by atoms with E-state index in [0.29, 0.717) is 17.8 Å². The molecule has 0 atom stereocenters. The van der Waals surface area contributed by atoms with E-state index in [1.54, 1.807) is 6.07 Å². The quantitative estimate of drug-likeness (QED) is 0.768. The minimum Gasteiger partial charge on any atom is -0.397 e. The molecule has 0 fully saturated rings. The second-order valence-electron chi connectivity index (χ2n) is 3.88. The average molecular weight is 223 g/mol. The molecule has 0 spiro atoms. The van der Waals surface area contributed by atoms with E-state index in [-0.39, 0.29) is 0 Å². The van der Waals surface area contributed by atoms with Crippen molar-refractivity contribution >= 4 is 11.4 Å². The van der Waals surface area contributed by atoms with Crippen LogP contribution in [0, 0.1) is 11.3 Å². The molecule has 0 unspecified atom stereocenters. The van der Waals surface area contributed by atoms with E-state index in [1.807, 2.05) is 36.4 Å². The van der Waals surface area contributed by atoms with Gasteiger partial charge in [0.25, 0.3) is 0 Å². The van der Waals surface area contributed by atoms with Gasteiger partial charge in [0.15, 0.2) is 0 Å². The molecule has 3 heteroatoms. The Morgan fingerprint density at radius 3 is 2.12 bits per heavy atom. The van der Waals surface area contributed by atoms with Gasteiger partial charge in [-0.1, -0.05) is 30.3 Å². The van der Waals surface area contributed by atoms with Crippen LogP contribution < -0.4 is 11.5 Å². The van der Waals surface area contributed by atoms with Crippen LogP contribution in [0.3, 0.4) is 0 Å². The van der Waals surface area contributed by atoms with E-state index in [1.165, 1.54) is 0 Å². The molecule has 2 aromatic carbocycles. The minimum atomic E-state index is 0.435. The predicted molar refractivity (Wildman–Crippen MR) is 70.0 cm³/mol. The molecule has 2 rings (SSSR count). The maximum Gasteiger partial charge on any atom is 0.0669 e. The molecule has 84 valence electrons. The zero-order valence-corrected chi connectivity index (χ0v) is 9.35. The largest absolute Gasteiger partial charge is 0.397 e. The van der Waals surface area contributed by atoms with Gasteiger partial charge in [0.2, 0.25) is 0 Å². The van der Waals surface area contributed by atoms with Crippen molar-refractivity contribution in [2.24, 2.45) is 0 Å². The number of benzene rings is 2. The SMILES string of the molecule is N#CCc1ccc(-c2ccc(N)c(N)c2)cc1. The number of nitrogens with two attached hydrogens (primary N) is 2. The fourth-order valence-electron chi connectivity index (χ4n) is 1.66. The summed E-state index contributed by atoms with van der Waals surface area (Å²) < 4.78 is 0. The molecule has 2 aromatic rings. The van der Waals surface area contributed by atoms with Crippen LogP contribution in [0.2, 0.25) is 0 Å². The molecule has 0 heterocycles. The summed E-state index contributed by atoms with van der Waals surface area (Å²) in [7, 11) is 0. The van der Waals surface area contributed by atoms with Crippen LogP contribution in [-0.2, 0) is 6.42 Å². The molecule has 4 N–H and O–H groups in total. The Kier molecular flexibility index (Phi) is 2.97. The number of nitrogens with zero attached hydrogens (tertiary/aromatic N) is 1. The Bertz CT molecular complexity index is 565. The van der Waals surface area contributed by atoms with Gasteiger partial charge < -0.3 is 11.5 Å². The van der Waals surface area contributed by atoms with Crippen LogP contribution in [-0.4, -0.2) is 0 Å². The van der Waals surface area contributed by atoms with Crippen molar-refractivity contribution in [3.63, 3.8) is 0 Å². The van der Waals surface area contributed by atoms with Gasteiger partial charge in [0.1, 0.15) is 0 Å². The summed E-state index contributed by atoms with van der Waals surface area (Å²) in [5, 5.41) is 8.59. The molecule has 0 amide bonds. The standard InChI is InChI=1S/C14H13N3/c15-8-7-10-1-3-11(4-2-10)12-5-6-13(16)14(17)9-12/h1-6,9H,7,16-17H2. The molecule has 0 bridgehead atoms. The summed E-state index contributed by atoms with van der Waals surface area (Å²) in [4.78, 5) is 0. The first-order valence-corrected chi connectivity index (χ1v) is 5.32. The first-order chi connectivity index (χ1) is 8.20. The molecule has 0 aromatic heterocycles. The van der Waals surface area contributed by atoms with Crippen molar-refractivity contribution in [1.82, 2.24) is 0 Å². The van der Waals surface area contributed by atoms with Crippen LogP contribution in [0.15, 0.2) is 42.5 Å². The van der Waals surface area contributed by atoms with Crippen LogP contribution in [0.1, 0.15) is 5.56 Å². The third-order valence-corrected chi connectivity index (χ3v) is 2.66. The summed E-state index contributed by atoms with van der Waals surface area (Å²) in [5.74, 6) is 0. The highest BCUT2D eigenvalue weighted by Gasteiger charge is 2.00. The van der Waals surface area contributed by atoms with Crippen molar-refractivity contribution in [1.29, 1.82) is 5.26 Å². The highest BCUT2D eigenvalue weighted by molar-refractivity contribution is 5.74. The molecule has 0 saturated carbocycles. The van der Waals surface area contributed by atoms with E-state index in [4.69, 9.17) is 16.7 Å². The van der Waals surface area contributed by atoms with Gasteiger partial charge in [0, 0.05) is 0 Å². The second kappa shape index (κ2) is 4.58. The highest BCUT2D eigenvalue weighted by Crippen LogP contribution is 2.25. The maximum absolute atomic E-state index is 8.59. The first kappa shape index (κ1) is 11.0. The predicted octanol–water partition coefficient (Wildman–Crippen LogP) is 2.58. The molecule has 0 aliphatic heterocycles. The molecule has 0 radical (unpaired) electrons. The zero-order chi connectivity index (χ0) is 12.3. The third-order valence-electron chi connectivity index (χ3n) is 2.66. The topological polar surface area (TPSA) is 75.8 Å². The fraction of sp³-hybridized carbons (Fsp3) is 0.0714. The van der Waals surface area contributed by atoms with Gasteiger partial charge in [-0.15, -0.1) is 0 Å². The number of nitriles is 1. The van der Waals surface area contributed by atoms with Crippen molar-refractivity contribution in [3.8, 4) is 17.2 Å². The Balaban J connectivity index is 2.33. The molecular weight excluding hydrogens is 210 g/mol. The summed E-state index contributed by atoms with van der Waals surface area (Å²) in [6.45, 7) is 0. The number of rotatable bonds is 2. The lowest BCUT2D eigenvalue weighted by Gasteiger charge is -2.05. The molecule has 0 aliphatic carbocycles. The summed E-state index contributed by atoms with van der Waals surface area (Å²) in [6, 6.07) is 15.6. The summed E-state index contributed by atoms with van der Waals surface area (Å²) in [6.07, 6.45) is 0.435. The fourth-order valence-corrected chi connectivity index (χ4v) is 1.66. The Morgan fingerprint density at radius 1 is 0.882 bits per heavy atom. The lowest BCUT2D eigenvalue weighted by Crippen LogP contribution is -1.94. The smallest absolute Gasteiger partial charge is 0.0669 e. The van der Waals surface area contributed by atoms with Crippen LogP contribution in [0.4, 0.5) is 11.4 Å². The van der Waals surface area contributed by atoms with Gasteiger partial charge >= 0.3 is 0 Å². The monoisotopic (exact) mass is 223 g/mol. The van der Waals surface area contributed by atoms with Crippen molar-refractivity contribution < 1.29 is 0 Å². The summed E-state index contributed by atoms with van der Waals surface area (Å²) in [5.41, 5.74) is 15.7. The van der Waals surface area contributed by atoms with E-state index >= 15 is 0 Å². The second-order valence-corrected chi connectivity index (χ2v) is 3.88. The van der Waals surface area contributed by atoms with Crippen LogP contribution >= 0.6 is 0 Å². The Hall–Kier alpha value is -2.47.